The van der Waals surface area contributed by atoms with Crippen LogP contribution in [0.2, 0.25) is 0 Å². The molecule has 1 aromatic heterocycles. The fraction of sp³-hybridized carbons (Fsp3) is 0.375. The Labute approximate surface area is 177 Å². The van der Waals surface area contributed by atoms with Gasteiger partial charge in [0.05, 0.1) is 17.8 Å². The molecule has 30 heavy (non-hydrogen) atoms. The van der Waals surface area contributed by atoms with Crippen molar-refractivity contribution in [3.05, 3.63) is 70.7 Å². The third-order valence-electron chi connectivity index (χ3n) is 6.12. The highest BCUT2D eigenvalue weighted by molar-refractivity contribution is 6.35. The Morgan fingerprint density at radius 2 is 1.70 bits per heavy atom. The predicted octanol–water partition coefficient (Wildman–Crippen LogP) is 2.62. The quantitative estimate of drug-likeness (QED) is 0.717. The first-order valence-electron chi connectivity index (χ1n) is 10.5. The van der Waals surface area contributed by atoms with Crippen LogP contribution in [0.25, 0.3) is 5.57 Å². The number of pyridine rings is 1. The molecule has 1 aromatic carbocycles. The Bertz CT molecular complexity index is 992. The van der Waals surface area contributed by atoms with Crippen molar-refractivity contribution in [2.24, 2.45) is 0 Å². The number of imide groups is 1. The van der Waals surface area contributed by atoms with Gasteiger partial charge in [-0.2, -0.15) is 0 Å². The standard InChI is InChI=1S/C24H28N4O2/c1-4-26-11-13-27(14-12-26)22-21(19-9-8-17(2)18(3)15-19)23(29)28(24(22)30)16-20-7-5-6-10-25-20/h5-10,15H,4,11-14,16H2,1-3H3. The van der Waals surface area contributed by atoms with Gasteiger partial charge >= 0.3 is 0 Å². The lowest BCUT2D eigenvalue weighted by Crippen LogP contribution is -2.47. The third kappa shape index (κ3) is 3.75. The molecule has 2 aliphatic rings. The van der Waals surface area contributed by atoms with Gasteiger partial charge in [0.2, 0.25) is 0 Å². The first kappa shape index (κ1) is 20.3. The molecule has 2 amide bonds. The fourth-order valence-corrected chi connectivity index (χ4v) is 4.10. The smallest absolute Gasteiger partial charge is 0.278 e. The lowest BCUT2D eigenvalue weighted by atomic mass is 9.99. The minimum atomic E-state index is -0.234. The van der Waals surface area contributed by atoms with Crippen LogP contribution in [0.3, 0.4) is 0 Å². The molecule has 1 fully saturated rings. The predicted molar refractivity (Wildman–Crippen MR) is 116 cm³/mol. The van der Waals surface area contributed by atoms with Gasteiger partial charge in [-0.05, 0) is 49.2 Å². The molecule has 2 aromatic rings. The van der Waals surface area contributed by atoms with E-state index in [0.29, 0.717) is 17.0 Å². The molecule has 4 rings (SSSR count). The van der Waals surface area contributed by atoms with Crippen molar-refractivity contribution < 1.29 is 9.59 Å². The van der Waals surface area contributed by atoms with Crippen molar-refractivity contribution in [1.29, 1.82) is 0 Å². The second-order valence-electron chi connectivity index (χ2n) is 7.96. The van der Waals surface area contributed by atoms with Crippen LogP contribution in [0.4, 0.5) is 0 Å². The molecule has 0 radical (unpaired) electrons. The van der Waals surface area contributed by atoms with Crippen molar-refractivity contribution in [3.8, 4) is 0 Å². The van der Waals surface area contributed by atoms with Crippen molar-refractivity contribution in [2.45, 2.75) is 27.3 Å². The van der Waals surface area contributed by atoms with E-state index in [1.54, 1.807) is 6.20 Å². The van der Waals surface area contributed by atoms with Gasteiger partial charge in [0, 0.05) is 32.4 Å². The molecule has 0 aliphatic carbocycles. The van der Waals surface area contributed by atoms with E-state index in [2.05, 4.69) is 21.7 Å². The lowest BCUT2D eigenvalue weighted by Gasteiger charge is -2.36. The minimum Gasteiger partial charge on any atom is -0.364 e. The zero-order chi connectivity index (χ0) is 21.3. The Morgan fingerprint density at radius 1 is 0.933 bits per heavy atom. The van der Waals surface area contributed by atoms with E-state index in [1.165, 1.54) is 10.5 Å². The highest BCUT2D eigenvalue weighted by Gasteiger charge is 2.42. The van der Waals surface area contributed by atoms with Crippen LogP contribution in [0.15, 0.2) is 48.3 Å². The second-order valence-corrected chi connectivity index (χ2v) is 7.96. The number of likely N-dealkylation sites (N-methyl/N-ethyl adjacent to an activating group) is 1. The number of rotatable bonds is 5. The molecule has 1 saturated heterocycles. The molecule has 6 nitrogen and oxygen atoms in total. The van der Waals surface area contributed by atoms with Crippen LogP contribution < -0.4 is 0 Å². The molecule has 156 valence electrons. The largest absolute Gasteiger partial charge is 0.364 e. The van der Waals surface area contributed by atoms with Gasteiger partial charge in [-0.1, -0.05) is 31.2 Å². The Morgan fingerprint density at radius 3 is 2.33 bits per heavy atom. The van der Waals surface area contributed by atoms with Gasteiger partial charge in [0.1, 0.15) is 5.70 Å². The monoisotopic (exact) mass is 404 g/mol. The lowest BCUT2D eigenvalue weighted by molar-refractivity contribution is -0.138. The summed E-state index contributed by atoms with van der Waals surface area (Å²) in [6.45, 7) is 10.7. The number of carbonyl (C=O) groups is 2. The molecule has 0 unspecified atom stereocenters. The summed E-state index contributed by atoms with van der Waals surface area (Å²) in [5.41, 5.74) is 4.85. The SMILES string of the molecule is CCN1CCN(C2=C(c3ccc(C)c(C)c3)C(=O)N(Cc3ccccn3)C2=O)CC1. The Balaban J connectivity index is 1.73. The summed E-state index contributed by atoms with van der Waals surface area (Å²) in [6, 6.07) is 11.5. The maximum Gasteiger partial charge on any atom is 0.278 e. The molecule has 0 bridgehead atoms. The van der Waals surface area contributed by atoms with Gasteiger partial charge in [-0.3, -0.25) is 19.5 Å². The number of hydrogen-bond acceptors (Lipinski definition) is 5. The van der Waals surface area contributed by atoms with Crippen molar-refractivity contribution >= 4 is 17.4 Å². The number of aryl methyl sites for hydroxylation is 2. The van der Waals surface area contributed by atoms with Crippen molar-refractivity contribution in [2.75, 3.05) is 32.7 Å². The van der Waals surface area contributed by atoms with E-state index in [4.69, 9.17) is 0 Å². The van der Waals surface area contributed by atoms with Crippen molar-refractivity contribution in [1.82, 2.24) is 19.7 Å². The van der Waals surface area contributed by atoms with Gasteiger partial charge in [0.25, 0.3) is 11.8 Å². The number of aromatic nitrogens is 1. The van der Waals surface area contributed by atoms with E-state index < -0.39 is 0 Å². The van der Waals surface area contributed by atoms with Crippen LogP contribution in [0.1, 0.15) is 29.3 Å². The number of hydrogen-bond donors (Lipinski definition) is 0. The van der Waals surface area contributed by atoms with Gasteiger partial charge in [-0.25, -0.2) is 0 Å². The molecule has 2 aliphatic heterocycles. The summed E-state index contributed by atoms with van der Waals surface area (Å²) < 4.78 is 0. The molecular weight excluding hydrogens is 376 g/mol. The third-order valence-corrected chi connectivity index (χ3v) is 6.12. The van der Waals surface area contributed by atoms with Crippen LogP contribution in [-0.4, -0.2) is 64.2 Å². The van der Waals surface area contributed by atoms with Crippen molar-refractivity contribution in [3.63, 3.8) is 0 Å². The van der Waals surface area contributed by atoms with Gasteiger partial charge in [-0.15, -0.1) is 0 Å². The van der Waals surface area contributed by atoms with Crippen LogP contribution in [-0.2, 0) is 16.1 Å². The van der Waals surface area contributed by atoms with Crippen LogP contribution in [0.5, 0.6) is 0 Å². The van der Waals surface area contributed by atoms with Crippen LogP contribution >= 0.6 is 0 Å². The molecule has 0 saturated carbocycles. The molecule has 0 N–H and O–H groups in total. The normalized spacial score (nSPS) is 18.0. The van der Waals surface area contributed by atoms with E-state index in [1.807, 2.05) is 50.2 Å². The van der Waals surface area contributed by atoms with Gasteiger partial charge in [0.15, 0.2) is 0 Å². The highest BCUT2D eigenvalue weighted by Crippen LogP contribution is 2.33. The first-order valence-corrected chi connectivity index (χ1v) is 10.5. The van der Waals surface area contributed by atoms with E-state index in [0.717, 1.165) is 43.9 Å². The van der Waals surface area contributed by atoms with Crippen LogP contribution in [0, 0.1) is 13.8 Å². The fourth-order valence-electron chi connectivity index (χ4n) is 4.10. The Hall–Kier alpha value is -2.99. The summed E-state index contributed by atoms with van der Waals surface area (Å²) in [7, 11) is 0. The van der Waals surface area contributed by atoms with E-state index in [-0.39, 0.29) is 18.4 Å². The number of piperazine rings is 1. The zero-order valence-electron chi connectivity index (χ0n) is 17.9. The van der Waals surface area contributed by atoms with Gasteiger partial charge < -0.3 is 9.80 Å². The summed E-state index contributed by atoms with van der Waals surface area (Å²) in [5.74, 6) is -0.453. The average Bonchev–Trinajstić information content (AvgIpc) is 3.01. The van der Waals surface area contributed by atoms with E-state index in [9.17, 15) is 9.59 Å². The zero-order valence-corrected chi connectivity index (χ0v) is 17.9. The number of benzene rings is 1. The maximum absolute atomic E-state index is 13.5. The molecule has 6 heteroatoms. The summed E-state index contributed by atoms with van der Waals surface area (Å²) in [5, 5.41) is 0. The Kier molecular flexibility index (Phi) is 5.68. The van der Waals surface area contributed by atoms with E-state index >= 15 is 0 Å². The average molecular weight is 405 g/mol. The first-order chi connectivity index (χ1) is 14.5. The molecule has 0 spiro atoms. The summed E-state index contributed by atoms with van der Waals surface area (Å²) in [6.07, 6.45) is 1.68. The topological polar surface area (TPSA) is 56.8 Å². The number of amides is 2. The molecule has 0 atom stereocenters. The summed E-state index contributed by atoms with van der Waals surface area (Å²) in [4.78, 5) is 37.0. The summed E-state index contributed by atoms with van der Waals surface area (Å²) >= 11 is 0. The second kappa shape index (κ2) is 8.40. The number of nitrogens with zero attached hydrogens (tertiary/aromatic N) is 4. The molecular formula is C24H28N4O2. The minimum absolute atomic E-state index is 0.186. The number of carbonyl (C=O) groups excluding carboxylic acids is 2. The molecule has 3 heterocycles. The maximum atomic E-state index is 13.5. The highest BCUT2D eigenvalue weighted by atomic mass is 16.2.